The highest BCUT2D eigenvalue weighted by Crippen LogP contribution is 2.30. The first-order valence-electron chi connectivity index (χ1n) is 8.11. The second-order valence-corrected chi connectivity index (χ2v) is 6.73. The van der Waals surface area contributed by atoms with Crippen LogP contribution in [0, 0.1) is 23.7 Å². The van der Waals surface area contributed by atoms with Gasteiger partial charge < -0.3 is 5.32 Å². The highest BCUT2D eigenvalue weighted by Gasteiger charge is 2.29. The van der Waals surface area contributed by atoms with E-state index in [0.717, 1.165) is 6.42 Å². The Kier molecular flexibility index (Phi) is 9.12. The Morgan fingerprint density at radius 3 is 1.95 bits per heavy atom. The summed E-state index contributed by atoms with van der Waals surface area (Å²) in [7, 11) is 0. The van der Waals surface area contributed by atoms with Crippen molar-refractivity contribution in [2.75, 3.05) is 0 Å². The van der Waals surface area contributed by atoms with E-state index >= 15 is 0 Å². The van der Waals surface area contributed by atoms with Crippen molar-refractivity contribution in [3.63, 3.8) is 0 Å². The summed E-state index contributed by atoms with van der Waals surface area (Å²) in [4.78, 5) is 12.4. The van der Waals surface area contributed by atoms with E-state index in [-0.39, 0.29) is 17.9 Å². The molecule has 0 rings (SSSR count). The molecule has 3 atom stereocenters. The second kappa shape index (κ2) is 9.39. The molecule has 0 aliphatic rings. The molecule has 114 valence electrons. The van der Waals surface area contributed by atoms with Crippen LogP contribution in [0.25, 0.3) is 0 Å². The Morgan fingerprint density at radius 2 is 1.53 bits per heavy atom. The number of hydrogen-bond acceptors (Lipinski definition) is 1. The number of carbonyl (C=O) groups excluding carboxylic acids is 1. The lowest BCUT2D eigenvalue weighted by Crippen LogP contribution is -2.40. The van der Waals surface area contributed by atoms with Gasteiger partial charge in [0.1, 0.15) is 0 Å². The molecule has 3 unspecified atom stereocenters. The summed E-state index contributed by atoms with van der Waals surface area (Å²) in [6.07, 6.45) is 4.65. The zero-order valence-corrected chi connectivity index (χ0v) is 14.1. The van der Waals surface area contributed by atoms with Crippen LogP contribution in [0.1, 0.15) is 74.1 Å². The lowest BCUT2D eigenvalue weighted by atomic mass is 9.76. The van der Waals surface area contributed by atoms with Gasteiger partial charge in [-0.15, -0.1) is 0 Å². The van der Waals surface area contributed by atoms with E-state index in [1.165, 1.54) is 19.3 Å². The fourth-order valence-corrected chi connectivity index (χ4v) is 2.61. The van der Waals surface area contributed by atoms with E-state index in [2.05, 4.69) is 39.9 Å². The normalized spacial score (nSPS) is 16.5. The van der Waals surface area contributed by atoms with Gasteiger partial charge in [-0.1, -0.05) is 53.9 Å². The van der Waals surface area contributed by atoms with Gasteiger partial charge in [0.2, 0.25) is 5.91 Å². The fraction of sp³-hybridized carbons (Fsp3) is 0.941. The molecule has 19 heavy (non-hydrogen) atoms. The monoisotopic (exact) mass is 269 g/mol. The molecule has 2 nitrogen and oxygen atoms in total. The zero-order chi connectivity index (χ0) is 15.0. The molecule has 0 aromatic carbocycles. The van der Waals surface area contributed by atoms with Gasteiger partial charge in [-0.2, -0.15) is 0 Å². The lowest BCUT2D eigenvalue weighted by Gasteiger charge is -2.31. The van der Waals surface area contributed by atoms with Crippen LogP contribution in [0.15, 0.2) is 0 Å². The van der Waals surface area contributed by atoms with Crippen molar-refractivity contribution in [1.82, 2.24) is 5.32 Å². The minimum absolute atomic E-state index is 0.173. The summed E-state index contributed by atoms with van der Waals surface area (Å²) in [5, 5.41) is 3.11. The lowest BCUT2D eigenvalue weighted by molar-refractivity contribution is -0.128. The molecule has 1 N–H and O–H groups in total. The van der Waals surface area contributed by atoms with Crippen LogP contribution < -0.4 is 5.32 Å². The van der Waals surface area contributed by atoms with Crippen LogP contribution in [0.3, 0.4) is 0 Å². The summed E-state index contributed by atoms with van der Waals surface area (Å²) in [5.74, 6) is 2.10. The fourth-order valence-electron chi connectivity index (χ4n) is 2.61. The van der Waals surface area contributed by atoms with Crippen LogP contribution >= 0.6 is 0 Å². The number of nitrogens with one attached hydrogen (secondary N) is 1. The summed E-state index contributed by atoms with van der Waals surface area (Å²) in [6, 6.07) is 0.239. The van der Waals surface area contributed by atoms with E-state index in [0.29, 0.717) is 17.8 Å². The molecule has 0 spiro atoms. The molecular formula is C17H35NO. The maximum atomic E-state index is 12.4. The smallest absolute Gasteiger partial charge is 0.223 e. The minimum Gasteiger partial charge on any atom is -0.354 e. The first kappa shape index (κ1) is 18.5. The van der Waals surface area contributed by atoms with Crippen molar-refractivity contribution in [1.29, 1.82) is 0 Å². The van der Waals surface area contributed by atoms with E-state index in [9.17, 15) is 4.79 Å². The largest absolute Gasteiger partial charge is 0.354 e. The predicted molar refractivity (Wildman–Crippen MR) is 84.1 cm³/mol. The molecule has 0 aliphatic heterocycles. The Labute approximate surface area is 120 Å². The maximum Gasteiger partial charge on any atom is 0.223 e. The standard InChI is InChI=1S/C17H35NO/c1-8-9-10-11-16(17(19)18-13(4)5)15(7)14(6)12(2)3/h12-16H,8-11H2,1-7H3,(H,18,19). The molecule has 0 fully saturated rings. The Morgan fingerprint density at radius 1 is 0.947 bits per heavy atom. The van der Waals surface area contributed by atoms with E-state index in [1.807, 2.05) is 13.8 Å². The van der Waals surface area contributed by atoms with Crippen molar-refractivity contribution in [3.8, 4) is 0 Å². The zero-order valence-electron chi connectivity index (χ0n) is 14.1. The highest BCUT2D eigenvalue weighted by molar-refractivity contribution is 5.79. The maximum absolute atomic E-state index is 12.4. The van der Waals surface area contributed by atoms with Gasteiger partial charge >= 0.3 is 0 Å². The van der Waals surface area contributed by atoms with Crippen molar-refractivity contribution < 1.29 is 4.79 Å². The number of hydrogen-bond donors (Lipinski definition) is 1. The van der Waals surface area contributed by atoms with Crippen molar-refractivity contribution in [3.05, 3.63) is 0 Å². The molecule has 0 saturated heterocycles. The molecule has 0 aliphatic carbocycles. The number of carbonyl (C=O) groups is 1. The molecule has 0 radical (unpaired) electrons. The van der Waals surface area contributed by atoms with Crippen molar-refractivity contribution in [2.24, 2.45) is 23.7 Å². The first-order valence-corrected chi connectivity index (χ1v) is 8.11. The highest BCUT2D eigenvalue weighted by atomic mass is 16.1. The van der Waals surface area contributed by atoms with Crippen molar-refractivity contribution >= 4 is 5.91 Å². The average Bonchev–Trinajstić information content (AvgIpc) is 2.31. The molecule has 0 saturated carbocycles. The molecule has 0 aromatic rings. The van der Waals surface area contributed by atoms with Gasteiger partial charge in [0.15, 0.2) is 0 Å². The summed E-state index contributed by atoms with van der Waals surface area (Å²) in [6.45, 7) is 15.3. The molecule has 2 heteroatoms. The van der Waals surface area contributed by atoms with Crippen LogP contribution in [-0.4, -0.2) is 11.9 Å². The second-order valence-electron chi connectivity index (χ2n) is 6.73. The van der Waals surface area contributed by atoms with Crippen LogP contribution in [0.5, 0.6) is 0 Å². The SMILES string of the molecule is CCCCCC(C(=O)NC(C)C)C(C)C(C)C(C)C. The minimum atomic E-state index is 0.173. The van der Waals surface area contributed by atoms with Gasteiger partial charge in [-0.3, -0.25) is 4.79 Å². The third-order valence-corrected chi connectivity index (χ3v) is 4.40. The van der Waals surface area contributed by atoms with Gasteiger partial charge in [-0.25, -0.2) is 0 Å². The first-order chi connectivity index (χ1) is 8.81. The molecule has 0 bridgehead atoms. The van der Waals surface area contributed by atoms with E-state index in [4.69, 9.17) is 0 Å². The Bertz CT molecular complexity index is 248. The summed E-state index contributed by atoms with van der Waals surface area (Å²) < 4.78 is 0. The van der Waals surface area contributed by atoms with Crippen LogP contribution in [-0.2, 0) is 4.79 Å². The van der Waals surface area contributed by atoms with Gasteiger partial charge in [-0.05, 0) is 38.0 Å². The average molecular weight is 269 g/mol. The van der Waals surface area contributed by atoms with Crippen molar-refractivity contribution in [2.45, 2.75) is 80.2 Å². The number of unbranched alkanes of at least 4 members (excludes halogenated alkanes) is 2. The third kappa shape index (κ3) is 6.98. The number of rotatable bonds is 9. The van der Waals surface area contributed by atoms with Gasteiger partial charge in [0, 0.05) is 12.0 Å². The molecule has 0 aromatic heterocycles. The van der Waals surface area contributed by atoms with Crippen LogP contribution in [0.4, 0.5) is 0 Å². The topological polar surface area (TPSA) is 29.1 Å². The summed E-state index contributed by atoms with van der Waals surface area (Å²) >= 11 is 0. The van der Waals surface area contributed by atoms with E-state index in [1.54, 1.807) is 0 Å². The molecule has 0 heterocycles. The molecule has 1 amide bonds. The van der Waals surface area contributed by atoms with Gasteiger partial charge in [0.05, 0.1) is 0 Å². The summed E-state index contributed by atoms with van der Waals surface area (Å²) in [5.41, 5.74) is 0. The van der Waals surface area contributed by atoms with E-state index < -0.39 is 0 Å². The van der Waals surface area contributed by atoms with Gasteiger partial charge in [0.25, 0.3) is 0 Å². The number of amides is 1. The Hall–Kier alpha value is -0.530. The molecular weight excluding hydrogens is 234 g/mol. The quantitative estimate of drug-likeness (QED) is 0.607. The van der Waals surface area contributed by atoms with Crippen LogP contribution in [0.2, 0.25) is 0 Å². The predicted octanol–water partition coefficient (Wildman–Crippen LogP) is 4.64. The Balaban J connectivity index is 4.68. The third-order valence-electron chi connectivity index (χ3n) is 4.40.